The summed E-state index contributed by atoms with van der Waals surface area (Å²) >= 11 is 1.38. The molecular formula is C14H17NO2S. The zero-order valence-corrected chi connectivity index (χ0v) is 11.5. The van der Waals surface area contributed by atoms with Crippen molar-refractivity contribution in [2.24, 2.45) is 5.92 Å². The van der Waals surface area contributed by atoms with E-state index in [0.717, 1.165) is 4.88 Å². The Morgan fingerprint density at radius 3 is 2.94 bits per heavy atom. The van der Waals surface area contributed by atoms with Crippen LogP contribution in [0.25, 0.3) is 0 Å². The largest absolute Gasteiger partial charge is 0.384 e. The van der Waals surface area contributed by atoms with E-state index in [1.165, 1.54) is 24.2 Å². The molecule has 3 nitrogen and oxygen atoms in total. The molecule has 1 aromatic heterocycles. The van der Waals surface area contributed by atoms with Gasteiger partial charge in [-0.05, 0) is 37.8 Å². The van der Waals surface area contributed by atoms with Crippen LogP contribution in [0.2, 0.25) is 0 Å². The van der Waals surface area contributed by atoms with E-state index in [-0.39, 0.29) is 12.5 Å². The van der Waals surface area contributed by atoms with Crippen LogP contribution in [0.5, 0.6) is 0 Å². The number of carbonyl (C=O) groups excluding carboxylic acids is 1. The van der Waals surface area contributed by atoms with Gasteiger partial charge in [0.1, 0.15) is 6.61 Å². The molecule has 0 aromatic carbocycles. The van der Waals surface area contributed by atoms with E-state index >= 15 is 0 Å². The summed E-state index contributed by atoms with van der Waals surface area (Å²) in [7, 11) is 1.87. The summed E-state index contributed by atoms with van der Waals surface area (Å²) in [5.74, 6) is 6.15. The van der Waals surface area contributed by atoms with E-state index in [9.17, 15) is 4.79 Å². The van der Waals surface area contributed by atoms with Gasteiger partial charge in [0.25, 0.3) is 5.91 Å². The lowest BCUT2D eigenvalue weighted by Crippen LogP contribution is -2.35. The van der Waals surface area contributed by atoms with Crippen molar-refractivity contribution in [3.8, 4) is 11.8 Å². The predicted octanol–water partition coefficient (Wildman–Crippen LogP) is 1.96. The van der Waals surface area contributed by atoms with Gasteiger partial charge in [0, 0.05) is 13.1 Å². The number of nitrogens with zero attached hydrogens (tertiary/aromatic N) is 1. The predicted molar refractivity (Wildman–Crippen MR) is 72.6 cm³/mol. The summed E-state index contributed by atoms with van der Waals surface area (Å²) in [4.78, 5) is 15.6. The minimum atomic E-state index is -0.153. The van der Waals surface area contributed by atoms with E-state index in [1.807, 2.05) is 24.1 Å². The molecule has 1 aromatic rings. The zero-order chi connectivity index (χ0) is 13.1. The molecule has 0 saturated heterocycles. The Balaban J connectivity index is 2.05. The van der Waals surface area contributed by atoms with Gasteiger partial charge in [-0.3, -0.25) is 4.79 Å². The molecule has 1 heterocycles. The minimum Gasteiger partial charge on any atom is -0.384 e. The van der Waals surface area contributed by atoms with Gasteiger partial charge in [0.05, 0.1) is 9.75 Å². The Hall–Kier alpha value is -1.31. The second-order valence-corrected chi connectivity index (χ2v) is 5.70. The fourth-order valence-corrected chi connectivity index (χ4v) is 2.76. The Labute approximate surface area is 111 Å². The molecule has 1 N–H and O–H groups in total. The third-order valence-electron chi connectivity index (χ3n) is 3.34. The first-order valence-corrected chi connectivity index (χ1v) is 6.92. The first kappa shape index (κ1) is 13.1. The number of aliphatic hydroxyl groups is 1. The number of carbonyl (C=O) groups is 1. The van der Waals surface area contributed by atoms with Crippen LogP contribution in [0.1, 0.15) is 34.3 Å². The molecule has 18 heavy (non-hydrogen) atoms. The average molecular weight is 263 g/mol. The molecule has 1 aliphatic carbocycles. The van der Waals surface area contributed by atoms with Gasteiger partial charge in [-0.2, -0.15) is 0 Å². The summed E-state index contributed by atoms with van der Waals surface area (Å²) in [6.07, 6.45) is 2.47. The van der Waals surface area contributed by atoms with Gasteiger partial charge in [-0.25, -0.2) is 0 Å². The number of amides is 1. The van der Waals surface area contributed by atoms with Gasteiger partial charge in [0.2, 0.25) is 0 Å². The quantitative estimate of drug-likeness (QED) is 0.847. The summed E-state index contributed by atoms with van der Waals surface area (Å²) in [5.41, 5.74) is 0. The van der Waals surface area contributed by atoms with E-state index in [1.54, 1.807) is 0 Å². The van der Waals surface area contributed by atoms with Gasteiger partial charge in [0.15, 0.2) is 0 Å². The van der Waals surface area contributed by atoms with Crippen molar-refractivity contribution in [1.29, 1.82) is 0 Å². The molecular weight excluding hydrogens is 246 g/mol. The minimum absolute atomic E-state index is 0.0662. The van der Waals surface area contributed by atoms with Crippen LogP contribution in [0.15, 0.2) is 12.1 Å². The zero-order valence-electron chi connectivity index (χ0n) is 10.6. The van der Waals surface area contributed by atoms with E-state index in [0.29, 0.717) is 16.8 Å². The lowest BCUT2D eigenvalue weighted by molar-refractivity contribution is 0.0732. The summed E-state index contributed by atoms with van der Waals surface area (Å²) in [6.45, 7) is 1.95. The normalized spacial score (nSPS) is 15.7. The molecule has 2 rings (SSSR count). The maximum Gasteiger partial charge on any atom is 0.263 e. The van der Waals surface area contributed by atoms with Gasteiger partial charge < -0.3 is 10.0 Å². The molecule has 4 heteroatoms. The van der Waals surface area contributed by atoms with Crippen molar-refractivity contribution in [3.05, 3.63) is 21.9 Å². The van der Waals surface area contributed by atoms with Crippen molar-refractivity contribution in [3.63, 3.8) is 0 Å². The number of thiophene rings is 1. The van der Waals surface area contributed by atoms with Crippen molar-refractivity contribution in [2.45, 2.75) is 25.8 Å². The maximum atomic E-state index is 12.2. The Bertz CT molecular complexity index is 493. The lowest BCUT2D eigenvalue weighted by Gasteiger charge is -2.24. The molecule has 0 radical (unpaired) electrons. The second kappa shape index (κ2) is 5.55. The maximum absolute atomic E-state index is 12.2. The summed E-state index contributed by atoms with van der Waals surface area (Å²) in [5, 5.41) is 8.63. The number of hydrogen-bond acceptors (Lipinski definition) is 3. The molecule has 0 bridgehead atoms. The second-order valence-electron chi connectivity index (χ2n) is 4.62. The van der Waals surface area contributed by atoms with Crippen molar-refractivity contribution in [1.82, 2.24) is 4.90 Å². The molecule has 1 unspecified atom stereocenters. The van der Waals surface area contributed by atoms with E-state index in [2.05, 4.69) is 18.8 Å². The van der Waals surface area contributed by atoms with Crippen LogP contribution >= 0.6 is 11.3 Å². The molecule has 96 valence electrons. The lowest BCUT2D eigenvalue weighted by atomic mass is 10.2. The van der Waals surface area contributed by atoms with Crippen LogP contribution in [-0.2, 0) is 0 Å². The van der Waals surface area contributed by atoms with Crippen molar-refractivity contribution in [2.75, 3.05) is 13.7 Å². The van der Waals surface area contributed by atoms with Crippen LogP contribution in [0.4, 0.5) is 0 Å². The molecule has 1 atom stereocenters. The topological polar surface area (TPSA) is 40.5 Å². The Kier molecular flexibility index (Phi) is 4.05. The molecule has 0 spiro atoms. The fourth-order valence-electron chi connectivity index (χ4n) is 1.90. The third kappa shape index (κ3) is 2.92. The number of hydrogen-bond donors (Lipinski definition) is 1. The van der Waals surface area contributed by atoms with Gasteiger partial charge >= 0.3 is 0 Å². The molecule has 1 saturated carbocycles. The van der Waals surface area contributed by atoms with Crippen molar-refractivity contribution < 1.29 is 9.90 Å². The molecule has 0 aliphatic heterocycles. The first-order valence-electron chi connectivity index (χ1n) is 6.10. The highest BCUT2D eigenvalue weighted by Gasteiger charge is 2.32. The highest BCUT2D eigenvalue weighted by atomic mass is 32.1. The fraction of sp³-hybridized carbons (Fsp3) is 0.500. The molecule has 1 aliphatic rings. The SMILES string of the molecule is CC(C1CC1)N(C)C(=O)c1ccc(C#CCO)s1. The van der Waals surface area contributed by atoms with E-state index in [4.69, 9.17) is 5.11 Å². The standard InChI is InChI=1S/C14H17NO2S/c1-10(11-5-6-11)15(2)14(17)13-8-7-12(18-13)4-3-9-16/h7-8,10-11,16H,5-6,9H2,1-2H3. The number of aliphatic hydroxyl groups excluding tert-OH is 1. The number of rotatable bonds is 3. The van der Waals surface area contributed by atoms with Crippen molar-refractivity contribution >= 4 is 17.2 Å². The average Bonchev–Trinajstić information content (AvgIpc) is 3.12. The Morgan fingerprint density at radius 1 is 1.61 bits per heavy atom. The summed E-state index contributed by atoms with van der Waals surface area (Å²) < 4.78 is 0. The monoisotopic (exact) mass is 263 g/mol. The smallest absolute Gasteiger partial charge is 0.263 e. The highest BCUT2D eigenvalue weighted by Crippen LogP contribution is 2.35. The molecule has 1 amide bonds. The van der Waals surface area contributed by atoms with Crippen LogP contribution < -0.4 is 0 Å². The van der Waals surface area contributed by atoms with Crippen LogP contribution in [0.3, 0.4) is 0 Å². The van der Waals surface area contributed by atoms with Crippen LogP contribution in [-0.4, -0.2) is 35.6 Å². The van der Waals surface area contributed by atoms with E-state index < -0.39 is 0 Å². The van der Waals surface area contributed by atoms with Crippen LogP contribution in [0, 0.1) is 17.8 Å². The third-order valence-corrected chi connectivity index (χ3v) is 4.33. The summed E-state index contributed by atoms with van der Waals surface area (Å²) in [6, 6.07) is 3.95. The molecule has 1 fully saturated rings. The first-order chi connectivity index (χ1) is 8.63. The highest BCUT2D eigenvalue weighted by molar-refractivity contribution is 7.14. The Morgan fingerprint density at radius 2 is 2.33 bits per heavy atom. The van der Waals surface area contributed by atoms with Gasteiger partial charge in [-0.15, -0.1) is 11.3 Å². The van der Waals surface area contributed by atoms with Gasteiger partial charge in [-0.1, -0.05) is 11.8 Å².